The molecule has 2 heterocycles. The summed E-state index contributed by atoms with van der Waals surface area (Å²) in [5.41, 5.74) is 1.08. The van der Waals surface area contributed by atoms with Crippen molar-refractivity contribution < 1.29 is 17.6 Å². The lowest BCUT2D eigenvalue weighted by Crippen LogP contribution is -2.28. The molecule has 1 fully saturated rings. The third kappa shape index (κ3) is 5.02. The second kappa shape index (κ2) is 9.49. The first-order valence-corrected chi connectivity index (χ1v) is 12.6. The number of rotatable bonds is 7. The molecule has 9 nitrogen and oxygen atoms in total. The Morgan fingerprint density at radius 3 is 2.36 bits per heavy atom. The number of hydrogen-bond donors (Lipinski definition) is 2. The van der Waals surface area contributed by atoms with E-state index in [0.29, 0.717) is 35.3 Å². The van der Waals surface area contributed by atoms with Gasteiger partial charge >= 0.3 is 0 Å². The Morgan fingerprint density at radius 1 is 1.09 bits per heavy atom. The molecule has 1 unspecified atom stereocenters. The molecular weight excluding hydrogens is 467 g/mol. The van der Waals surface area contributed by atoms with E-state index >= 15 is 0 Å². The highest BCUT2D eigenvalue weighted by atomic mass is 32.2. The summed E-state index contributed by atoms with van der Waals surface area (Å²) in [7, 11) is -3.50. The Bertz CT molecular complexity index is 1240. The fourth-order valence-corrected chi connectivity index (χ4v) is 5.68. The van der Waals surface area contributed by atoms with Gasteiger partial charge in [-0.25, -0.2) is 17.5 Å². The molecule has 1 aliphatic heterocycles. The van der Waals surface area contributed by atoms with Gasteiger partial charge in [-0.1, -0.05) is 11.8 Å². The van der Waals surface area contributed by atoms with Crippen molar-refractivity contribution in [3.05, 3.63) is 54.3 Å². The molecule has 1 aliphatic rings. The van der Waals surface area contributed by atoms with E-state index < -0.39 is 15.3 Å². The Labute approximate surface area is 195 Å². The summed E-state index contributed by atoms with van der Waals surface area (Å²) >= 11 is 1.12. The molecule has 0 saturated carbocycles. The normalized spacial score (nSPS) is 15.5. The second-order valence-electron chi connectivity index (χ2n) is 7.57. The highest BCUT2D eigenvalue weighted by Crippen LogP contribution is 2.26. The van der Waals surface area contributed by atoms with Gasteiger partial charge in [0.05, 0.1) is 10.1 Å². The van der Waals surface area contributed by atoms with Crippen LogP contribution in [0.4, 0.5) is 10.1 Å². The number of thioether (sulfide) groups is 1. The van der Waals surface area contributed by atoms with Gasteiger partial charge in [0, 0.05) is 24.3 Å². The molecule has 4 rings (SSSR count). The first-order valence-electron chi connectivity index (χ1n) is 10.3. The van der Waals surface area contributed by atoms with Gasteiger partial charge in [-0.3, -0.25) is 4.79 Å². The number of hydrogen-bond acceptors (Lipinski definition) is 7. The number of aromatic nitrogens is 3. The zero-order chi connectivity index (χ0) is 23.6. The van der Waals surface area contributed by atoms with Crippen LogP contribution in [0.15, 0.2) is 58.6 Å². The number of anilines is 1. The molecular formula is C21H23FN6O3S2. The maximum absolute atomic E-state index is 13.1. The maximum atomic E-state index is 13.1. The van der Waals surface area contributed by atoms with Crippen molar-refractivity contribution in [3.8, 4) is 11.4 Å². The van der Waals surface area contributed by atoms with E-state index in [4.69, 9.17) is 5.84 Å². The van der Waals surface area contributed by atoms with Crippen LogP contribution >= 0.6 is 11.8 Å². The number of nitrogen functional groups attached to an aromatic ring is 1. The number of nitrogens with one attached hydrogen (secondary N) is 1. The lowest BCUT2D eigenvalue weighted by molar-refractivity contribution is -0.115. The molecule has 1 saturated heterocycles. The lowest BCUT2D eigenvalue weighted by Gasteiger charge is -2.16. The van der Waals surface area contributed by atoms with E-state index in [1.165, 1.54) is 33.2 Å². The van der Waals surface area contributed by atoms with Crippen molar-refractivity contribution >= 4 is 33.4 Å². The van der Waals surface area contributed by atoms with E-state index in [1.807, 2.05) is 0 Å². The van der Waals surface area contributed by atoms with Crippen LogP contribution in [0.25, 0.3) is 11.4 Å². The Kier molecular flexibility index (Phi) is 6.68. The molecule has 1 amide bonds. The van der Waals surface area contributed by atoms with Gasteiger partial charge in [-0.15, -0.1) is 10.2 Å². The molecule has 0 spiro atoms. The van der Waals surface area contributed by atoms with Crippen LogP contribution < -0.4 is 11.2 Å². The van der Waals surface area contributed by atoms with Crippen LogP contribution in [0.3, 0.4) is 0 Å². The molecule has 1 atom stereocenters. The van der Waals surface area contributed by atoms with Crippen molar-refractivity contribution in [2.45, 2.75) is 35.1 Å². The predicted molar refractivity (Wildman–Crippen MR) is 124 cm³/mol. The van der Waals surface area contributed by atoms with E-state index in [9.17, 15) is 17.6 Å². The van der Waals surface area contributed by atoms with Gasteiger partial charge in [0.1, 0.15) is 5.82 Å². The van der Waals surface area contributed by atoms with E-state index in [1.54, 1.807) is 31.2 Å². The van der Waals surface area contributed by atoms with Crippen LogP contribution in [0, 0.1) is 5.82 Å². The van der Waals surface area contributed by atoms with Crippen molar-refractivity contribution in [1.82, 2.24) is 19.2 Å². The fourth-order valence-electron chi connectivity index (χ4n) is 3.40. The highest BCUT2D eigenvalue weighted by molar-refractivity contribution is 8.00. The zero-order valence-electron chi connectivity index (χ0n) is 17.8. The van der Waals surface area contributed by atoms with Crippen LogP contribution in [0.1, 0.15) is 19.8 Å². The van der Waals surface area contributed by atoms with Crippen LogP contribution in [-0.2, 0) is 14.8 Å². The Morgan fingerprint density at radius 2 is 1.73 bits per heavy atom. The predicted octanol–water partition coefficient (Wildman–Crippen LogP) is 2.70. The molecule has 33 heavy (non-hydrogen) atoms. The van der Waals surface area contributed by atoms with Gasteiger partial charge in [-0.2, -0.15) is 4.31 Å². The number of carbonyl (C=O) groups excluding carboxylic acids is 1. The maximum Gasteiger partial charge on any atom is 0.243 e. The Balaban J connectivity index is 1.39. The quantitative estimate of drug-likeness (QED) is 0.386. The molecule has 3 aromatic rings. The summed E-state index contributed by atoms with van der Waals surface area (Å²) in [6.07, 6.45) is 1.73. The van der Waals surface area contributed by atoms with E-state index in [0.717, 1.165) is 24.6 Å². The number of nitrogens with zero attached hydrogens (tertiary/aromatic N) is 4. The van der Waals surface area contributed by atoms with Crippen LogP contribution in [-0.4, -0.2) is 51.8 Å². The average molecular weight is 491 g/mol. The summed E-state index contributed by atoms with van der Waals surface area (Å²) < 4.78 is 41.1. The minimum atomic E-state index is -3.50. The summed E-state index contributed by atoms with van der Waals surface area (Å²) in [4.78, 5) is 12.8. The highest BCUT2D eigenvalue weighted by Gasteiger charge is 2.27. The number of carbonyl (C=O) groups is 1. The summed E-state index contributed by atoms with van der Waals surface area (Å²) in [6, 6.07) is 11.8. The minimum absolute atomic E-state index is 0.203. The fraction of sp³-hybridized carbons (Fsp3) is 0.286. The van der Waals surface area contributed by atoms with Gasteiger partial charge in [0.2, 0.25) is 21.1 Å². The first-order chi connectivity index (χ1) is 15.8. The van der Waals surface area contributed by atoms with Crippen LogP contribution in [0.5, 0.6) is 0 Å². The van der Waals surface area contributed by atoms with E-state index in [-0.39, 0.29) is 16.6 Å². The molecule has 12 heteroatoms. The van der Waals surface area contributed by atoms with Crippen LogP contribution in [0.2, 0.25) is 0 Å². The summed E-state index contributed by atoms with van der Waals surface area (Å²) in [6.45, 7) is 2.76. The van der Waals surface area contributed by atoms with Crippen molar-refractivity contribution in [3.63, 3.8) is 0 Å². The first kappa shape index (κ1) is 23.2. The standard InChI is InChI=1S/C21H23FN6O3S2/c1-14(32-21-26-25-19(28(21)23)15-4-6-16(22)7-5-15)20(29)24-17-8-10-18(11-9-17)33(30,31)27-12-2-3-13-27/h4-11,14H,2-3,12-13,23H2,1H3,(H,24,29). The topological polar surface area (TPSA) is 123 Å². The molecule has 174 valence electrons. The van der Waals surface area contributed by atoms with Crippen molar-refractivity contribution in [2.75, 3.05) is 24.2 Å². The number of nitrogens with two attached hydrogens (primary N) is 1. The summed E-state index contributed by atoms with van der Waals surface area (Å²) in [5, 5.41) is 10.6. The second-order valence-corrected chi connectivity index (χ2v) is 10.8. The Hall–Kier alpha value is -2.96. The van der Waals surface area contributed by atoms with E-state index in [2.05, 4.69) is 15.5 Å². The number of benzene rings is 2. The molecule has 1 aromatic heterocycles. The zero-order valence-corrected chi connectivity index (χ0v) is 19.4. The SMILES string of the molecule is CC(Sc1nnc(-c2ccc(F)cc2)n1N)C(=O)Nc1ccc(S(=O)(=O)N2CCCC2)cc1. The summed E-state index contributed by atoms with van der Waals surface area (Å²) in [5.74, 6) is 5.74. The molecule has 3 N–H and O–H groups in total. The van der Waals surface area contributed by atoms with Gasteiger partial charge in [0.15, 0.2) is 5.82 Å². The minimum Gasteiger partial charge on any atom is -0.335 e. The van der Waals surface area contributed by atoms with Gasteiger partial charge in [-0.05, 0) is 68.3 Å². The largest absolute Gasteiger partial charge is 0.335 e. The average Bonchev–Trinajstić information content (AvgIpc) is 3.46. The van der Waals surface area contributed by atoms with Gasteiger partial charge < -0.3 is 11.2 Å². The number of sulfonamides is 1. The third-order valence-electron chi connectivity index (χ3n) is 5.24. The molecule has 0 aliphatic carbocycles. The smallest absolute Gasteiger partial charge is 0.243 e. The molecule has 0 radical (unpaired) electrons. The molecule has 2 aromatic carbocycles. The number of halogens is 1. The van der Waals surface area contributed by atoms with Gasteiger partial charge in [0.25, 0.3) is 0 Å². The monoisotopic (exact) mass is 490 g/mol. The van der Waals surface area contributed by atoms with Crippen molar-refractivity contribution in [1.29, 1.82) is 0 Å². The lowest BCUT2D eigenvalue weighted by atomic mass is 10.2. The number of amides is 1. The van der Waals surface area contributed by atoms with Crippen molar-refractivity contribution in [2.24, 2.45) is 0 Å². The molecule has 0 bridgehead atoms. The third-order valence-corrected chi connectivity index (χ3v) is 8.21.